The van der Waals surface area contributed by atoms with Crippen LogP contribution in [0.4, 0.5) is 5.82 Å². The number of thiocarbonyl (C=S) groups is 1. The predicted molar refractivity (Wildman–Crippen MR) is 112 cm³/mol. The molecule has 0 bridgehead atoms. The third kappa shape index (κ3) is 3.62. The Morgan fingerprint density at radius 3 is 2.78 bits per heavy atom. The lowest BCUT2D eigenvalue weighted by atomic mass is 10.2. The van der Waals surface area contributed by atoms with Crippen molar-refractivity contribution in [3.05, 3.63) is 44.7 Å². The SMILES string of the molecule is CC[C@@H](CO)Nc1nc2c(C)cccn2c(=O)c1/C=C1\SC(=S)N(C)C1=O. The minimum absolute atomic E-state index is 0.0954. The second-order valence-corrected chi connectivity index (χ2v) is 7.91. The number of aryl methyl sites for hydroxylation is 1. The van der Waals surface area contributed by atoms with E-state index in [4.69, 9.17) is 12.2 Å². The molecule has 0 aliphatic carbocycles. The lowest BCUT2D eigenvalue weighted by molar-refractivity contribution is -0.121. The van der Waals surface area contributed by atoms with Gasteiger partial charge in [-0.1, -0.05) is 37.0 Å². The van der Waals surface area contributed by atoms with E-state index in [1.807, 2.05) is 19.9 Å². The molecule has 2 N–H and O–H groups in total. The number of aromatic nitrogens is 2. The van der Waals surface area contributed by atoms with Gasteiger partial charge < -0.3 is 10.4 Å². The van der Waals surface area contributed by atoms with Crippen molar-refractivity contribution in [1.82, 2.24) is 14.3 Å². The van der Waals surface area contributed by atoms with E-state index in [0.29, 0.717) is 27.1 Å². The Morgan fingerprint density at radius 1 is 1.44 bits per heavy atom. The van der Waals surface area contributed by atoms with Crippen LogP contribution in [0.3, 0.4) is 0 Å². The van der Waals surface area contributed by atoms with Gasteiger partial charge in [0.1, 0.15) is 15.8 Å². The van der Waals surface area contributed by atoms with E-state index in [2.05, 4.69) is 10.3 Å². The summed E-state index contributed by atoms with van der Waals surface area (Å²) in [5, 5.41) is 12.7. The van der Waals surface area contributed by atoms with E-state index in [0.717, 1.165) is 17.3 Å². The number of hydrogen-bond acceptors (Lipinski definition) is 7. The molecule has 9 heteroatoms. The van der Waals surface area contributed by atoms with Crippen LogP contribution in [0.5, 0.6) is 0 Å². The number of carbonyl (C=O) groups excluding carboxylic acids is 1. The van der Waals surface area contributed by atoms with E-state index in [1.54, 1.807) is 19.3 Å². The Hall–Kier alpha value is -2.23. The van der Waals surface area contributed by atoms with E-state index in [1.165, 1.54) is 15.4 Å². The molecule has 1 fully saturated rings. The Bertz CT molecular complexity index is 1010. The number of fused-ring (bicyclic) bond motifs is 1. The molecule has 0 radical (unpaired) electrons. The van der Waals surface area contributed by atoms with Gasteiger partial charge in [0.2, 0.25) is 0 Å². The molecule has 3 heterocycles. The number of nitrogens with zero attached hydrogens (tertiary/aromatic N) is 3. The molecule has 7 nitrogen and oxygen atoms in total. The Labute approximate surface area is 166 Å². The van der Waals surface area contributed by atoms with Gasteiger partial charge in [-0.3, -0.25) is 18.9 Å². The summed E-state index contributed by atoms with van der Waals surface area (Å²) in [7, 11) is 1.60. The second-order valence-electron chi connectivity index (χ2n) is 6.24. The number of rotatable bonds is 5. The zero-order valence-electron chi connectivity index (χ0n) is 15.2. The van der Waals surface area contributed by atoms with Gasteiger partial charge in [-0.15, -0.1) is 0 Å². The number of nitrogens with one attached hydrogen (secondary N) is 1. The number of thioether (sulfide) groups is 1. The first-order valence-corrected chi connectivity index (χ1v) is 9.70. The van der Waals surface area contributed by atoms with Crippen LogP contribution in [-0.2, 0) is 4.79 Å². The number of anilines is 1. The van der Waals surface area contributed by atoms with Crippen LogP contribution in [0.15, 0.2) is 28.0 Å². The van der Waals surface area contributed by atoms with Crippen molar-refractivity contribution in [3.63, 3.8) is 0 Å². The first kappa shape index (κ1) is 19.5. The molecule has 3 rings (SSSR count). The highest BCUT2D eigenvalue weighted by molar-refractivity contribution is 8.26. The molecule has 0 spiro atoms. The summed E-state index contributed by atoms with van der Waals surface area (Å²) >= 11 is 6.31. The van der Waals surface area contributed by atoms with Gasteiger partial charge in [0.05, 0.1) is 23.1 Å². The smallest absolute Gasteiger partial charge is 0.267 e. The predicted octanol–water partition coefficient (Wildman–Crippen LogP) is 2.02. The molecule has 1 aliphatic rings. The molecule has 1 atom stereocenters. The summed E-state index contributed by atoms with van der Waals surface area (Å²) < 4.78 is 1.89. The van der Waals surface area contributed by atoms with Crippen LogP contribution < -0.4 is 10.9 Å². The van der Waals surface area contributed by atoms with Crippen molar-refractivity contribution in [2.75, 3.05) is 19.0 Å². The lowest BCUT2D eigenvalue weighted by Crippen LogP contribution is -2.28. The molecule has 0 saturated carbocycles. The number of pyridine rings is 1. The molecule has 142 valence electrons. The van der Waals surface area contributed by atoms with E-state index < -0.39 is 0 Å². The zero-order chi connectivity index (χ0) is 19.7. The molecule has 0 aromatic carbocycles. The average Bonchev–Trinajstić information content (AvgIpc) is 2.90. The standard InChI is InChI=1S/C18H20N4O3S2/c1-4-11(9-23)19-14-12(8-13-17(25)21(3)18(26)27-13)16(24)22-7-5-6-10(2)15(22)20-14/h5-8,11,19,23H,4,9H2,1-3H3/b13-8-/t11-/m0/s1. The second kappa shape index (κ2) is 7.79. The Kier molecular flexibility index (Phi) is 5.64. The molecule has 1 amide bonds. The maximum atomic E-state index is 13.1. The zero-order valence-corrected chi connectivity index (χ0v) is 16.9. The highest BCUT2D eigenvalue weighted by Crippen LogP contribution is 2.32. The molecule has 1 saturated heterocycles. The van der Waals surface area contributed by atoms with Crippen molar-refractivity contribution >= 4 is 51.7 Å². The largest absolute Gasteiger partial charge is 0.394 e. The van der Waals surface area contributed by atoms with Crippen molar-refractivity contribution in [3.8, 4) is 0 Å². The van der Waals surface area contributed by atoms with Crippen LogP contribution in [0, 0.1) is 6.92 Å². The highest BCUT2D eigenvalue weighted by Gasteiger charge is 2.29. The molecule has 2 aromatic rings. The van der Waals surface area contributed by atoms with Gasteiger partial charge in [0.15, 0.2) is 0 Å². The molecular formula is C18H20N4O3S2. The summed E-state index contributed by atoms with van der Waals surface area (Å²) in [5.41, 5.74) is 1.35. The van der Waals surface area contributed by atoms with E-state index in [9.17, 15) is 14.7 Å². The van der Waals surface area contributed by atoms with Crippen LogP contribution in [0.2, 0.25) is 0 Å². The van der Waals surface area contributed by atoms with Gasteiger partial charge >= 0.3 is 0 Å². The normalized spacial score (nSPS) is 17.2. The van der Waals surface area contributed by atoms with Crippen LogP contribution in [-0.4, -0.2) is 49.3 Å². The number of carbonyl (C=O) groups is 1. The summed E-state index contributed by atoms with van der Waals surface area (Å²) in [6.07, 6.45) is 3.83. The topological polar surface area (TPSA) is 86.9 Å². The number of aliphatic hydroxyl groups is 1. The number of amides is 1. The van der Waals surface area contributed by atoms with Crippen LogP contribution in [0.25, 0.3) is 11.7 Å². The summed E-state index contributed by atoms with van der Waals surface area (Å²) in [4.78, 5) is 31.8. The van der Waals surface area contributed by atoms with Gasteiger partial charge in [0.25, 0.3) is 11.5 Å². The number of hydrogen-bond donors (Lipinski definition) is 2. The van der Waals surface area contributed by atoms with Crippen molar-refractivity contribution in [2.24, 2.45) is 0 Å². The van der Waals surface area contributed by atoms with Crippen molar-refractivity contribution < 1.29 is 9.90 Å². The van der Waals surface area contributed by atoms with Gasteiger partial charge in [0, 0.05) is 13.2 Å². The monoisotopic (exact) mass is 404 g/mol. The molecule has 2 aromatic heterocycles. The maximum absolute atomic E-state index is 13.1. The Morgan fingerprint density at radius 2 is 2.19 bits per heavy atom. The summed E-state index contributed by atoms with van der Waals surface area (Å²) in [6, 6.07) is 3.39. The Balaban J connectivity index is 2.23. The summed E-state index contributed by atoms with van der Waals surface area (Å²) in [6.45, 7) is 3.70. The molecule has 0 unspecified atom stereocenters. The van der Waals surface area contributed by atoms with Crippen LogP contribution >= 0.6 is 24.0 Å². The molecular weight excluding hydrogens is 384 g/mol. The van der Waals surface area contributed by atoms with E-state index in [-0.39, 0.29) is 29.7 Å². The quantitative estimate of drug-likeness (QED) is 0.582. The highest BCUT2D eigenvalue weighted by atomic mass is 32.2. The van der Waals surface area contributed by atoms with E-state index >= 15 is 0 Å². The minimum atomic E-state index is -0.291. The fourth-order valence-electron chi connectivity index (χ4n) is 2.70. The minimum Gasteiger partial charge on any atom is -0.394 e. The maximum Gasteiger partial charge on any atom is 0.267 e. The van der Waals surface area contributed by atoms with Crippen LogP contribution in [0.1, 0.15) is 24.5 Å². The number of aliphatic hydroxyl groups excluding tert-OH is 1. The third-order valence-corrected chi connectivity index (χ3v) is 5.89. The van der Waals surface area contributed by atoms with Gasteiger partial charge in [-0.2, -0.15) is 0 Å². The average molecular weight is 405 g/mol. The number of likely N-dealkylation sites (N-methyl/N-ethyl adjacent to an activating group) is 1. The third-order valence-electron chi connectivity index (χ3n) is 4.40. The summed E-state index contributed by atoms with van der Waals surface area (Å²) in [5.74, 6) is 0.0930. The van der Waals surface area contributed by atoms with Crippen molar-refractivity contribution in [1.29, 1.82) is 0 Å². The fraction of sp³-hybridized carbons (Fsp3) is 0.333. The molecule has 1 aliphatic heterocycles. The first-order chi connectivity index (χ1) is 12.9. The van der Waals surface area contributed by atoms with Gasteiger partial charge in [-0.25, -0.2) is 4.98 Å². The van der Waals surface area contributed by atoms with Crippen molar-refractivity contribution in [2.45, 2.75) is 26.3 Å². The fourth-order valence-corrected chi connectivity index (χ4v) is 3.86. The first-order valence-electron chi connectivity index (χ1n) is 8.48. The lowest BCUT2D eigenvalue weighted by Gasteiger charge is -2.17. The van der Waals surface area contributed by atoms with Gasteiger partial charge in [-0.05, 0) is 31.1 Å². The molecule has 27 heavy (non-hydrogen) atoms.